The highest BCUT2D eigenvalue weighted by Gasteiger charge is 2.32. The quantitative estimate of drug-likeness (QED) is 0.454. The van der Waals surface area contributed by atoms with Gasteiger partial charge in [-0.2, -0.15) is 0 Å². The first-order chi connectivity index (χ1) is 15.0. The van der Waals surface area contributed by atoms with Crippen molar-refractivity contribution in [3.05, 3.63) is 84.9 Å². The van der Waals surface area contributed by atoms with Crippen molar-refractivity contribution < 1.29 is 4.79 Å². The van der Waals surface area contributed by atoms with Gasteiger partial charge in [-0.05, 0) is 48.4 Å². The molecule has 1 aromatic carbocycles. The molecule has 0 radical (unpaired) electrons. The molecule has 7 heteroatoms. The summed E-state index contributed by atoms with van der Waals surface area (Å²) in [4.78, 5) is 36.0. The van der Waals surface area contributed by atoms with E-state index in [0.29, 0.717) is 18.5 Å². The molecule has 4 heterocycles. The van der Waals surface area contributed by atoms with Gasteiger partial charge in [0.15, 0.2) is 0 Å². The number of aryl methyl sites for hydroxylation is 3. The molecule has 3 aromatic heterocycles. The maximum Gasteiger partial charge on any atom is 0.262 e. The summed E-state index contributed by atoms with van der Waals surface area (Å²) < 4.78 is 1.58. The number of fused-ring (bicyclic) bond motifs is 2. The zero-order chi connectivity index (χ0) is 21.5. The van der Waals surface area contributed by atoms with Gasteiger partial charge in [-0.3, -0.25) is 14.2 Å². The summed E-state index contributed by atoms with van der Waals surface area (Å²) in [5.74, 6) is 0.0657. The Labute approximate surface area is 188 Å². The van der Waals surface area contributed by atoms with Gasteiger partial charge in [0, 0.05) is 29.3 Å². The molecule has 5 nitrogen and oxygen atoms in total. The number of nitrogens with zero attached hydrogens (tertiary/aromatic N) is 3. The molecule has 1 amide bonds. The molecule has 1 atom stereocenters. The third kappa shape index (κ3) is 3.51. The van der Waals surface area contributed by atoms with Crippen LogP contribution in [0.2, 0.25) is 0 Å². The van der Waals surface area contributed by atoms with Gasteiger partial charge in [0.05, 0.1) is 17.8 Å². The second kappa shape index (κ2) is 8.05. The summed E-state index contributed by atoms with van der Waals surface area (Å²) in [7, 11) is 0. The van der Waals surface area contributed by atoms with Gasteiger partial charge in [0.1, 0.15) is 4.83 Å². The van der Waals surface area contributed by atoms with E-state index < -0.39 is 0 Å². The lowest BCUT2D eigenvalue weighted by atomic mass is 9.93. The van der Waals surface area contributed by atoms with E-state index in [-0.39, 0.29) is 23.9 Å². The Morgan fingerprint density at radius 1 is 1.19 bits per heavy atom. The van der Waals surface area contributed by atoms with Crippen molar-refractivity contribution in [1.82, 2.24) is 14.5 Å². The third-order valence-corrected chi connectivity index (χ3v) is 8.24. The minimum absolute atomic E-state index is 0.0574. The van der Waals surface area contributed by atoms with Crippen molar-refractivity contribution in [2.75, 3.05) is 6.54 Å². The van der Waals surface area contributed by atoms with Crippen LogP contribution in [0.5, 0.6) is 0 Å². The van der Waals surface area contributed by atoms with E-state index in [4.69, 9.17) is 0 Å². The summed E-state index contributed by atoms with van der Waals surface area (Å²) in [5.41, 5.74) is 3.28. The molecule has 1 unspecified atom stereocenters. The van der Waals surface area contributed by atoms with E-state index in [1.165, 1.54) is 10.4 Å². The van der Waals surface area contributed by atoms with Gasteiger partial charge < -0.3 is 4.90 Å². The van der Waals surface area contributed by atoms with Gasteiger partial charge in [0.2, 0.25) is 5.91 Å². The lowest BCUT2D eigenvalue weighted by Gasteiger charge is -2.36. The molecular weight excluding hydrogens is 426 g/mol. The molecule has 1 aliphatic rings. The molecule has 0 fully saturated rings. The molecule has 31 heavy (non-hydrogen) atoms. The predicted octanol–water partition coefficient (Wildman–Crippen LogP) is 4.70. The number of carbonyl (C=O) groups is 1. The van der Waals surface area contributed by atoms with E-state index in [0.717, 1.165) is 27.3 Å². The minimum atomic E-state index is -0.0669. The monoisotopic (exact) mass is 449 g/mol. The largest absolute Gasteiger partial charge is 0.331 e. The molecule has 5 rings (SSSR count). The summed E-state index contributed by atoms with van der Waals surface area (Å²) in [6.07, 6.45) is 2.73. The zero-order valence-corrected chi connectivity index (χ0v) is 19.1. The van der Waals surface area contributed by atoms with Crippen molar-refractivity contribution >= 4 is 38.8 Å². The van der Waals surface area contributed by atoms with Crippen LogP contribution in [0.15, 0.2) is 52.9 Å². The molecule has 0 bridgehead atoms. The second-order valence-corrected chi connectivity index (χ2v) is 10.1. The van der Waals surface area contributed by atoms with Crippen LogP contribution in [-0.4, -0.2) is 26.9 Å². The van der Waals surface area contributed by atoms with E-state index in [9.17, 15) is 9.59 Å². The normalized spacial score (nSPS) is 15.9. The molecule has 0 spiro atoms. The average molecular weight is 450 g/mol. The van der Waals surface area contributed by atoms with Crippen molar-refractivity contribution in [2.45, 2.75) is 39.3 Å². The summed E-state index contributed by atoms with van der Waals surface area (Å²) >= 11 is 3.31. The summed E-state index contributed by atoms with van der Waals surface area (Å²) in [6, 6.07) is 12.3. The molecule has 0 saturated carbocycles. The van der Waals surface area contributed by atoms with Gasteiger partial charge >= 0.3 is 0 Å². The van der Waals surface area contributed by atoms with Crippen LogP contribution in [0.25, 0.3) is 10.2 Å². The van der Waals surface area contributed by atoms with Crippen LogP contribution >= 0.6 is 22.7 Å². The van der Waals surface area contributed by atoms with Gasteiger partial charge in [0.25, 0.3) is 5.56 Å². The first-order valence-electron chi connectivity index (χ1n) is 10.4. The third-order valence-electron chi connectivity index (χ3n) is 6.12. The second-order valence-electron chi connectivity index (χ2n) is 7.91. The fourth-order valence-electron chi connectivity index (χ4n) is 4.37. The van der Waals surface area contributed by atoms with Crippen LogP contribution < -0.4 is 5.56 Å². The summed E-state index contributed by atoms with van der Waals surface area (Å²) in [6.45, 7) is 5.00. The maximum absolute atomic E-state index is 13.3. The first kappa shape index (κ1) is 20.2. The standard InChI is InChI=1S/C24H23N3O2S2/c1-15-16(2)31-23-21(15)24(29)26(14-25-23)11-9-20(28)27-12-8-19-18(10-13-30-19)22(27)17-6-4-3-5-7-17/h3-7,10,13-14,22H,8-9,11-12H2,1-2H3. The van der Waals surface area contributed by atoms with Crippen molar-refractivity contribution in [1.29, 1.82) is 0 Å². The Bertz CT molecular complexity index is 1320. The Morgan fingerprint density at radius 2 is 2.00 bits per heavy atom. The smallest absolute Gasteiger partial charge is 0.262 e. The van der Waals surface area contributed by atoms with Crippen molar-refractivity contribution in [3.8, 4) is 0 Å². The number of thiophene rings is 2. The number of hydrogen-bond donors (Lipinski definition) is 0. The minimum Gasteiger partial charge on any atom is -0.331 e. The fourth-order valence-corrected chi connectivity index (χ4v) is 6.26. The highest BCUT2D eigenvalue weighted by atomic mass is 32.1. The number of benzene rings is 1. The van der Waals surface area contributed by atoms with Gasteiger partial charge in [-0.15, -0.1) is 22.7 Å². The molecular formula is C24H23N3O2S2. The van der Waals surface area contributed by atoms with Crippen LogP contribution in [0.1, 0.15) is 38.9 Å². The highest BCUT2D eigenvalue weighted by Crippen LogP contribution is 2.38. The predicted molar refractivity (Wildman–Crippen MR) is 126 cm³/mol. The Morgan fingerprint density at radius 3 is 2.81 bits per heavy atom. The number of rotatable bonds is 4. The fraction of sp³-hybridized carbons (Fsp3) is 0.292. The maximum atomic E-state index is 13.3. The molecule has 0 saturated heterocycles. The number of carbonyl (C=O) groups excluding carboxylic acids is 1. The molecule has 4 aromatic rings. The molecule has 0 aliphatic carbocycles. The Hall–Kier alpha value is -2.77. The van der Waals surface area contributed by atoms with Crippen LogP contribution in [0, 0.1) is 13.8 Å². The first-order valence-corrected chi connectivity index (χ1v) is 12.1. The lowest BCUT2D eigenvalue weighted by molar-refractivity contribution is -0.133. The number of hydrogen-bond acceptors (Lipinski definition) is 5. The SMILES string of the molecule is Cc1sc2ncn(CCC(=O)N3CCc4sccc4C3c3ccccc3)c(=O)c2c1C. The zero-order valence-electron chi connectivity index (χ0n) is 17.5. The van der Waals surface area contributed by atoms with E-state index in [1.807, 2.05) is 36.9 Å². The van der Waals surface area contributed by atoms with Crippen LogP contribution in [0.3, 0.4) is 0 Å². The number of aromatic nitrogens is 2. The highest BCUT2D eigenvalue weighted by molar-refractivity contribution is 7.18. The van der Waals surface area contributed by atoms with Crippen LogP contribution in [-0.2, 0) is 17.8 Å². The average Bonchev–Trinajstić information content (AvgIpc) is 3.37. The van der Waals surface area contributed by atoms with Gasteiger partial charge in [-0.25, -0.2) is 4.98 Å². The van der Waals surface area contributed by atoms with Gasteiger partial charge in [-0.1, -0.05) is 30.3 Å². The summed E-state index contributed by atoms with van der Waals surface area (Å²) in [5, 5.41) is 2.79. The van der Waals surface area contributed by atoms with E-state index >= 15 is 0 Å². The lowest BCUT2D eigenvalue weighted by Crippen LogP contribution is -2.40. The van der Waals surface area contributed by atoms with E-state index in [1.54, 1.807) is 33.6 Å². The Balaban J connectivity index is 1.41. The molecule has 158 valence electrons. The van der Waals surface area contributed by atoms with Crippen molar-refractivity contribution in [3.63, 3.8) is 0 Å². The Kier molecular flexibility index (Phi) is 5.24. The molecule has 0 N–H and O–H groups in total. The van der Waals surface area contributed by atoms with E-state index in [2.05, 4.69) is 28.6 Å². The molecule has 1 aliphatic heterocycles. The van der Waals surface area contributed by atoms with Crippen LogP contribution in [0.4, 0.5) is 0 Å². The number of amides is 1. The van der Waals surface area contributed by atoms with Crippen molar-refractivity contribution in [2.24, 2.45) is 0 Å². The topological polar surface area (TPSA) is 55.2 Å².